The van der Waals surface area contributed by atoms with Crippen molar-refractivity contribution in [1.29, 1.82) is 0 Å². The highest BCUT2D eigenvalue weighted by Gasteiger charge is 2.48. The third kappa shape index (κ3) is 4.23. The Bertz CT molecular complexity index is 522. The normalized spacial score (nSPS) is 29.1. The van der Waals surface area contributed by atoms with Crippen molar-refractivity contribution < 1.29 is 22.7 Å². The van der Waals surface area contributed by atoms with Crippen molar-refractivity contribution in [3.05, 3.63) is 0 Å². The van der Waals surface area contributed by atoms with E-state index in [0.717, 1.165) is 12.8 Å². The van der Waals surface area contributed by atoms with E-state index in [2.05, 4.69) is 0 Å². The van der Waals surface area contributed by atoms with Crippen LogP contribution in [0, 0.1) is 5.41 Å². The van der Waals surface area contributed by atoms with Gasteiger partial charge in [-0.05, 0) is 26.2 Å². The second kappa shape index (κ2) is 7.46. The highest BCUT2D eigenvalue weighted by atomic mass is 32.2. The van der Waals surface area contributed by atoms with Crippen molar-refractivity contribution >= 4 is 15.9 Å². The predicted molar refractivity (Wildman–Crippen MR) is 86.6 cm³/mol. The van der Waals surface area contributed by atoms with Crippen LogP contribution in [0.2, 0.25) is 0 Å². The summed E-state index contributed by atoms with van der Waals surface area (Å²) in [7, 11) is 0.157. The molecular formula is C15H28N2O5S. The zero-order chi connectivity index (χ0) is 17.1. The summed E-state index contributed by atoms with van der Waals surface area (Å²) < 4.78 is 37.6. The Hall–Kier alpha value is -0.700. The van der Waals surface area contributed by atoms with Gasteiger partial charge in [-0.15, -0.1) is 0 Å². The van der Waals surface area contributed by atoms with Gasteiger partial charge < -0.3 is 14.4 Å². The molecule has 1 amide bonds. The summed E-state index contributed by atoms with van der Waals surface area (Å²) in [6, 6.07) is 0. The van der Waals surface area contributed by atoms with Crippen LogP contribution >= 0.6 is 0 Å². The van der Waals surface area contributed by atoms with Gasteiger partial charge in [0.05, 0.1) is 18.5 Å². The lowest BCUT2D eigenvalue weighted by Crippen LogP contribution is -2.58. The summed E-state index contributed by atoms with van der Waals surface area (Å²) >= 11 is 0. The van der Waals surface area contributed by atoms with Crippen LogP contribution in [0.15, 0.2) is 0 Å². The number of amides is 1. The number of piperidine rings is 1. The van der Waals surface area contributed by atoms with E-state index < -0.39 is 10.0 Å². The largest absolute Gasteiger partial charge is 0.377 e. The van der Waals surface area contributed by atoms with Crippen molar-refractivity contribution in [3.63, 3.8) is 0 Å². The van der Waals surface area contributed by atoms with Gasteiger partial charge in [0, 0.05) is 39.2 Å². The van der Waals surface area contributed by atoms with Crippen LogP contribution in [-0.2, 0) is 24.3 Å². The van der Waals surface area contributed by atoms with Crippen LogP contribution in [0.4, 0.5) is 0 Å². The molecule has 2 aliphatic rings. The summed E-state index contributed by atoms with van der Waals surface area (Å²) in [4.78, 5) is 13.2. The zero-order valence-electron chi connectivity index (χ0n) is 14.3. The first-order valence-corrected chi connectivity index (χ1v) is 9.79. The van der Waals surface area contributed by atoms with Gasteiger partial charge in [-0.25, -0.2) is 12.7 Å². The Morgan fingerprint density at radius 3 is 2.83 bits per heavy atom. The van der Waals surface area contributed by atoms with Gasteiger partial charge >= 0.3 is 0 Å². The van der Waals surface area contributed by atoms with E-state index in [9.17, 15) is 13.2 Å². The molecule has 2 saturated heterocycles. The van der Waals surface area contributed by atoms with Gasteiger partial charge in [0.1, 0.15) is 6.61 Å². The van der Waals surface area contributed by atoms with E-state index in [-0.39, 0.29) is 29.8 Å². The number of hydrogen-bond acceptors (Lipinski definition) is 5. The molecule has 0 bridgehead atoms. The molecule has 134 valence electrons. The number of hydrogen-bond donors (Lipinski definition) is 0. The number of fused-ring (bicyclic) bond motifs is 1. The van der Waals surface area contributed by atoms with Gasteiger partial charge in [-0.2, -0.15) is 0 Å². The molecule has 0 spiro atoms. The van der Waals surface area contributed by atoms with Crippen LogP contribution in [0.1, 0.15) is 26.2 Å². The fourth-order valence-electron chi connectivity index (χ4n) is 3.35. The first kappa shape index (κ1) is 18.6. The minimum atomic E-state index is -3.22. The van der Waals surface area contributed by atoms with E-state index in [1.807, 2.05) is 0 Å². The van der Waals surface area contributed by atoms with Gasteiger partial charge in [0.2, 0.25) is 15.9 Å². The van der Waals surface area contributed by atoms with Crippen LogP contribution < -0.4 is 0 Å². The third-order valence-corrected chi connectivity index (χ3v) is 6.65. The molecule has 23 heavy (non-hydrogen) atoms. The Morgan fingerprint density at radius 2 is 2.17 bits per heavy atom. The fraction of sp³-hybridized carbons (Fsp3) is 0.933. The maximum Gasteiger partial charge on any atom is 0.248 e. The third-order valence-electron chi connectivity index (χ3n) is 4.83. The van der Waals surface area contributed by atoms with E-state index in [0.29, 0.717) is 32.7 Å². The molecule has 2 atom stereocenters. The van der Waals surface area contributed by atoms with Crippen LogP contribution in [0.25, 0.3) is 0 Å². The molecule has 0 saturated carbocycles. The van der Waals surface area contributed by atoms with E-state index >= 15 is 0 Å². The molecule has 2 aliphatic heterocycles. The minimum Gasteiger partial charge on any atom is -0.377 e. The first-order chi connectivity index (χ1) is 10.8. The molecule has 2 fully saturated rings. The van der Waals surface area contributed by atoms with Crippen molar-refractivity contribution in [2.24, 2.45) is 5.41 Å². The van der Waals surface area contributed by atoms with Crippen molar-refractivity contribution in [3.8, 4) is 0 Å². The second-order valence-corrected chi connectivity index (χ2v) is 8.89. The first-order valence-electron chi connectivity index (χ1n) is 8.18. The van der Waals surface area contributed by atoms with Crippen molar-refractivity contribution in [2.75, 3.05) is 52.8 Å². The molecule has 0 aromatic heterocycles. The molecule has 0 N–H and O–H groups in total. The minimum absolute atomic E-state index is 0.00835. The number of likely N-dealkylation sites (N-methyl/N-ethyl adjacent to an activating group) is 1. The summed E-state index contributed by atoms with van der Waals surface area (Å²) in [5, 5.41) is 0. The Labute approximate surface area is 139 Å². The van der Waals surface area contributed by atoms with Crippen molar-refractivity contribution in [1.82, 2.24) is 9.21 Å². The van der Waals surface area contributed by atoms with Gasteiger partial charge in [-0.3, -0.25) is 4.79 Å². The molecule has 2 rings (SSSR count). The van der Waals surface area contributed by atoms with Crippen LogP contribution in [0.3, 0.4) is 0 Å². The maximum atomic E-state index is 12.2. The smallest absolute Gasteiger partial charge is 0.248 e. The Kier molecular flexibility index (Phi) is 6.05. The highest BCUT2D eigenvalue weighted by molar-refractivity contribution is 7.89. The molecule has 7 nitrogen and oxygen atoms in total. The Balaban J connectivity index is 2.07. The lowest BCUT2D eigenvalue weighted by molar-refractivity contribution is -0.152. The topological polar surface area (TPSA) is 76.1 Å². The summed E-state index contributed by atoms with van der Waals surface area (Å²) in [6.07, 6.45) is 2.45. The van der Waals surface area contributed by atoms with E-state index in [1.165, 1.54) is 4.90 Å². The average molecular weight is 348 g/mol. The summed E-state index contributed by atoms with van der Waals surface area (Å²) in [6.45, 7) is 3.67. The number of carbonyl (C=O) groups is 1. The number of nitrogens with zero attached hydrogens (tertiary/aromatic N) is 2. The molecule has 8 heteroatoms. The van der Waals surface area contributed by atoms with Gasteiger partial charge in [-0.1, -0.05) is 0 Å². The zero-order valence-corrected chi connectivity index (χ0v) is 15.1. The average Bonchev–Trinajstić information content (AvgIpc) is 2.53. The summed E-state index contributed by atoms with van der Waals surface area (Å²) in [5.41, 5.74) is -0.342. The van der Waals surface area contributed by atoms with Crippen LogP contribution in [-0.4, -0.2) is 82.4 Å². The lowest BCUT2D eigenvalue weighted by atomic mass is 9.73. The predicted octanol–water partition coefficient (Wildman–Crippen LogP) is 0.312. The van der Waals surface area contributed by atoms with Gasteiger partial charge in [0.15, 0.2) is 0 Å². The molecule has 0 aromatic carbocycles. The molecular weight excluding hydrogens is 320 g/mol. The van der Waals surface area contributed by atoms with Gasteiger partial charge in [0.25, 0.3) is 0 Å². The fourth-order valence-corrected chi connectivity index (χ4v) is 4.55. The standard InChI is InChI=1S/C15H28N2O5S/c1-4-23(19,20)17-8-6-13-15(11-17,7-5-9-22-13)12-21-10-14(18)16(2)3/h13H,4-12H2,1-3H3/t13-,15-/m1/s1. The lowest BCUT2D eigenvalue weighted by Gasteiger charge is -2.49. The molecule has 2 heterocycles. The maximum absolute atomic E-state index is 12.2. The monoisotopic (exact) mass is 348 g/mol. The quantitative estimate of drug-likeness (QED) is 0.691. The number of ether oxygens (including phenoxy) is 2. The molecule has 0 aliphatic carbocycles. The summed E-state index contributed by atoms with van der Waals surface area (Å²) in [5.74, 6) is 0.0118. The van der Waals surface area contributed by atoms with Crippen LogP contribution in [0.5, 0.6) is 0 Å². The van der Waals surface area contributed by atoms with E-state index in [4.69, 9.17) is 9.47 Å². The Morgan fingerprint density at radius 1 is 1.43 bits per heavy atom. The number of carbonyl (C=O) groups excluding carboxylic acids is 1. The highest BCUT2D eigenvalue weighted by Crippen LogP contribution is 2.41. The molecule has 0 radical (unpaired) electrons. The number of sulfonamides is 1. The SMILES string of the molecule is CCS(=O)(=O)N1CC[C@H]2OCCC[C@]2(COCC(=O)N(C)C)C1. The molecule has 0 unspecified atom stereocenters. The second-order valence-electron chi connectivity index (χ2n) is 6.63. The molecule has 0 aromatic rings. The van der Waals surface area contributed by atoms with Crippen molar-refractivity contribution in [2.45, 2.75) is 32.3 Å². The number of rotatable bonds is 6. The van der Waals surface area contributed by atoms with E-state index in [1.54, 1.807) is 25.3 Å².